The molecule has 2 rings (SSSR count). The molecule has 2 aliphatic rings. The Bertz CT molecular complexity index is 274. The van der Waals surface area contributed by atoms with E-state index in [-0.39, 0.29) is 11.8 Å². The maximum Gasteiger partial charge on any atom is 0.301 e. The van der Waals surface area contributed by atoms with E-state index >= 15 is 0 Å². The van der Waals surface area contributed by atoms with Crippen molar-refractivity contribution in [2.75, 3.05) is 13.2 Å². The molecule has 2 saturated heterocycles. The van der Waals surface area contributed by atoms with E-state index in [4.69, 9.17) is 4.74 Å². The molecule has 5 nitrogen and oxygen atoms in total. The van der Waals surface area contributed by atoms with Crippen molar-refractivity contribution in [3.05, 3.63) is 0 Å². The van der Waals surface area contributed by atoms with Crippen molar-refractivity contribution in [1.29, 1.82) is 0 Å². The van der Waals surface area contributed by atoms with Crippen LogP contribution in [0.1, 0.15) is 32.1 Å². The number of carbonyl (C=O) groups is 2. The molecule has 0 bridgehead atoms. The lowest BCUT2D eigenvalue weighted by Crippen LogP contribution is -2.53. The van der Waals surface area contributed by atoms with Gasteiger partial charge in [-0.25, -0.2) is 5.43 Å². The molecule has 0 spiro atoms. The highest BCUT2D eigenvalue weighted by atomic mass is 16.5. The van der Waals surface area contributed by atoms with E-state index in [2.05, 4.69) is 10.9 Å². The summed E-state index contributed by atoms with van der Waals surface area (Å²) >= 11 is 0. The zero-order valence-electron chi connectivity index (χ0n) is 9.33. The van der Waals surface area contributed by atoms with Crippen molar-refractivity contribution in [1.82, 2.24) is 10.9 Å². The van der Waals surface area contributed by atoms with Crippen LogP contribution < -0.4 is 10.9 Å². The van der Waals surface area contributed by atoms with Crippen LogP contribution in [0.4, 0.5) is 0 Å². The van der Waals surface area contributed by atoms with E-state index < -0.39 is 5.91 Å². The third-order valence-electron chi connectivity index (χ3n) is 3.34. The summed E-state index contributed by atoms with van der Waals surface area (Å²) in [4.78, 5) is 22.1. The number of carbonyl (C=O) groups excluding carboxylic acids is 2. The SMILES string of the molecule is O=C1CC(CCC2CCOCC2)NNC1=O. The van der Waals surface area contributed by atoms with E-state index in [1.54, 1.807) is 0 Å². The van der Waals surface area contributed by atoms with Crippen molar-refractivity contribution in [2.45, 2.75) is 38.1 Å². The Morgan fingerprint density at radius 1 is 1.19 bits per heavy atom. The fraction of sp³-hybridized carbons (Fsp3) is 0.818. The van der Waals surface area contributed by atoms with Gasteiger partial charge in [-0.3, -0.25) is 15.0 Å². The van der Waals surface area contributed by atoms with E-state index in [1.807, 2.05) is 0 Å². The first kappa shape index (κ1) is 11.5. The number of hydrogen-bond donors (Lipinski definition) is 2. The highest BCUT2D eigenvalue weighted by Crippen LogP contribution is 2.21. The second kappa shape index (κ2) is 5.41. The molecule has 0 saturated carbocycles. The normalized spacial score (nSPS) is 27.9. The summed E-state index contributed by atoms with van der Waals surface area (Å²) in [7, 11) is 0. The number of hydrazine groups is 1. The number of nitrogens with one attached hydrogen (secondary N) is 2. The molecule has 0 aromatic heterocycles. The van der Waals surface area contributed by atoms with Crippen molar-refractivity contribution in [3.8, 4) is 0 Å². The van der Waals surface area contributed by atoms with Crippen LogP contribution >= 0.6 is 0 Å². The number of Topliss-reactive ketones (excluding diaryl/α,β-unsaturated/α-hetero) is 1. The first-order valence-corrected chi connectivity index (χ1v) is 5.92. The Balaban J connectivity index is 1.69. The number of ether oxygens (including phenoxy) is 1. The van der Waals surface area contributed by atoms with Gasteiger partial charge in [0, 0.05) is 25.7 Å². The molecular formula is C11H18N2O3. The maximum absolute atomic E-state index is 11.2. The predicted molar refractivity (Wildman–Crippen MR) is 57.5 cm³/mol. The molecule has 1 atom stereocenters. The Morgan fingerprint density at radius 3 is 2.62 bits per heavy atom. The van der Waals surface area contributed by atoms with Gasteiger partial charge in [0.25, 0.3) is 0 Å². The highest BCUT2D eigenvalue weighted by molar-refractivity contribution is 6.36. The Morgan fingerprint density at radius 2 is 1.94 bits per heavy atom. The predicted octanol–water partition coefficient (Wildman–Crippen LogP) is 0.155. The number of ketones is 1. The van der Waals surface area contributed by atoms with E-state index in [1.165, 1.54) is 0 Å². The molecule has 5 heteroatoms. The summed E-state index contributed by atoms with van der Waals surface area (Å²) in [5, 5.41) is 0. The minimum absolute atomic E-state index is 0.105. The topological polar surface area (TPSA) is 67.4 Å². The third kappa shape index (κ3) is 3.02. The second-order valence-electron chi connectivity index (χ2n) is 4.56. The second-order valence-corrected chi connectivity index (χ2v) is 4.56. The van der Waals surface area contributed by atoms with Gasteiger partial charge < -0.3 is 4.74 Å². The largest absolute Gasteiger partial charge is 0.381 e. The molecule has 0 aliphatic carbocycles. The zero-order valence-corrected chi connectivity index (χ0v) is 9.33. The molecule has 0 aromatic rings. The van der Waals surface area contributed by atoms with Gasteiger partial charge >= 0.3 is 5.91 Å². The molecule has 2 N–H and O–H groups in total. The van der Waals surface area contributed by atoms with Gasteiger partial charge in [0.2, 0.25) is 5.78 Å². The smallest absolute Gasteiger partial charge is 0.301 e. The Hall–Kier alpha value is -0.940. The van der Waals surface area contributed by atoms with Crippen LogP contribution in [0.2, 0.25) is 0 Å². The molecule has 0 aromatic carbocycles. The van der Waals surface area contributed by atoms with Gasteiger partial charge in [0.15, 0.2) is 0 Å². The zero-order chi connectivity index (χ0) is 11.4. The molecular weight excluding hydrogens is 208 g/mol. The number of rotatable bonds is 3. The van der Waals surface area contributed by atoms with Crippen molar-refractivity contribution >= 4 is 11.7 Å². The molecule has 1 unspecified atom stereocenters. The lowest BCUT2D eigenvalue weighted by molar-refractivity contribution is -0.141. The summed E-state index contributed by atoms with van der Waals surface area (Å²) in [6.45, 7) is 1.72. The van der Waals surface area contributed by atoms with Crippen LogP contribution in [-0.2, 0) is 14.3 Å². The van der Waals surface area contributed by atoms with Gasteiger partial charge in [0.1, 0.15) is 0 Å². The van der Waals surface area contributed by atoms with Crippen molar-refractivity contribution < 1.29 is 14.3 Å². The fourth-order valence-electron chi connectivity index (χ4n) is 2.25. The lowest BCUT2D eigenvalue weighted by Gasteiger charge is -2.26. The summed E-state index contributed by atoms with van der Waals surface area (Å²) in [5.74, 6) is -0.110. The maximum atomic E-state index is 11.2. The monoisotopic (exact) mass is 226 g/mol. The third-order valence-corrected chi connectivity index (χ3v) is 3.34. The molecule has 1 amide bonds. The van der Waals surface area contributed by atoms with Crippen molar-refractivity contribution in [3.63, 3.8) is 0 Å². The number of amides is 1. The van der Waals surface area contributed by atoms with Crippen LogP contribution in [-0.4, -0.2) is 30.9 Å². The molecule has 2 aliphatic heterocycles. The molecule has 2 fully saturated rings. The van der Waals surface area contributed by atoms with Gasteiger partial charge in [0.05, 0.1) is 0 Å². The summed E-state index contributed by atoms with van der Waals surface area (Å²) in [6.07, 6.45) is 4.61. The van der Waals surface area contributed by atoms with Gasteiger partial charge in [-0.05, 0) is 31.6 Å². The van der Waals surface area contributed by atoms with Gasteiger partial charge in [-0.2, -0.15) is 0 Å². The first-order valence-electron chi connectivity index (χ1n) is 5.92. The quantitative estimate of drug-likeness (QED) is 0.672. The van der Waals surface area contributed by atoms with Crippen LogP contribution in [0.5, 0.6) is 0 Å². The fourth-order valence-corrected chi connectivity index (χ4v) is 2.25. The van der Waals surface area contributed by atoms with Crippen LogP contribution in [0.15, 0.2) is 0 Å². The Labute approximate surface area is 94.9 Å². The summed E-state index contributed by atoms with van der Waals surface area (Å²) in [6, 6.07) is 0.105. The van der Waals surface area contributed by atoms with Crippen LogP contribution in [0, 0.1) is 5.92 Å². The number of hydrogen-bond acceptors (Lipinski definition) is 4. The minimum Gasteiger partial charge on any atom is -0.381 e. The minimum atomic E-state index is -0.512. The summed E-state index contributed by atoms with van der Waals surface area (Å²) < 4.78 is 5.30. The van der Waals surface area contributed by atoms with Gasteiger partial charge in [-0.1, -0.05) is 0 Å². The van der Waals surface area contributed by atoms with Crippen LogP contribution in [0.3, 0.4) is 0 Å². The van der Waals surface area contributed by atoms with E-state index in [0.29, 0.717) is 12.3 Å². The van der Waals surface area contributed by atoms with Crippen molar-refractivity contribution in [2.24, 2.45) is 5.92 Å². The standard InChI is InChI=1S/C11H18N2O3/c14-10-7-9(12-13-11(10)15)2-1-8-3-5-16-6-4-8/h8-9,12H,1-7H2,(H,13,15). The molecule has 16 heavy (non-hydrogen) atoms. The molecule has 0 radical (unpaired) electrons. The lowest BCUT2D eigenvalue weighted by atomic mass is 9.91. The average molecular weight is 226 g/mol. The molecule has 2 heterocycles. The molecule has 90 valence electrons. The van der Waals surface area contributed by atoms with Gasteiger partial charge in [-0.15, -0.1) is 0 Å². The van der Waals surface area contributed by atoms with Crippen LogP contribution in [0.25, 0.3) is 0 Å². The van der Waals surface area contributed by atoms with E-state index in [9.17, 15) is 9.59 Å². The average Bonchev–Trinajstić information content (AvgIpc) is 2.32. The first-order chi connectivity index (χ1) is 7.75. The van der Waals surface area contributed by atoms with E-state index in [0.717, 1.165) is 38.9 Å². The summed E-state index contributed by atoms with van der Waals surface area (Å²) in [5.41, 5.74) is 5.29. The Kier molecular flexibility index (Phi) is 3.90. The highest BCUT2D eigenvalue weighted by Gasteiger charge is 2.26.